The topological polar surface area (TPSA) is 0 Å². The van der Waals surface area contributed by atoms with Gasteiger partial charge in [-0.15, -0.1) is 6.58 Å². The number of unbranched alkanes of at least 4 members (excludes halogenated alkanes) is 2. The number of hydrogen-bond donors (Lipinski definition) is 0. The van der Waals surface area contributed by atoms with E-state index in [1.165, 1.54) is 76.2 Å². The molecule has 2 aliphatic carbocycles. The number of aryl methyl sites for hydroxylation is 2. The van der Waals surface area contributed by atoms with Crippen molar-refractivity contribution in [3.8, 4) is 0 Å². The maximum absolute atomic E-state index is 14.9. The van der Waals surface area contributed by atoms with Crippen LogP contribution in [0.5, 0.6) is 0 Å². The number of allylic oxidation sites excluding steroid dienone is 1. The largest absolute Gasteiger partial charge is 0.206 e. The molecule has 2 saturated carbocycles. The van der Waals surface area contributed by atoms with Gasteiger partial charge >= 0.3 is 0 Å². The fourth-order valence-corrected chi connectivity index (χ4v) is 6.47. The Morgan fingerprint density at radius 3 is 2.28 bits per heavy atom. The fourth-order valence-electron chi connectivity index (χ4n) is 6.47. The third kappa shape index (κ3) is 5.83. The van der Waals surface area contributed by atoms with E-state index in [4.69, 9.17) is 0 Å². The minimum Gasteiger partial charge on any atom is -0.206 e. The van der Waals surface area contributed by atoms with Crippen molar-refractivity contribution in [1.82, 2.24) is 0 Å². The Kier molecular flexibility index (Phi) is 8.44. The van der Waals surface area contributed by atoms with Gasteiger partial charge in [-0.3, -0.25) is 0 Å². The molecule has 0 N–H and O–H groups in total. The van der Waals surface area contributed by atoms with Crippen LogP contribution in [0.1, 0.15) is 95.1 Å². The Morgan fingerprint density at radius 1 is 0.875 bits per heavy atom. The third-order valence-electron chi connectivity index (χ3n) is 8.70. The van der Waals surface area contributed by atoms with Crippen LogP contribution in [-0.4, -0.2) is 0 Å². The Bertz CT molecular complexity index is 865. The lowest BCUT2D eigenvalue weighted by Crippen LogP contribution is -2.25. The van der Waals surface area contributed by atoms with E-state index < -0.39 is 0 Å². The molecule has 1 heteroatoms. The molecule has 2 fully saturated rings. The highest BCUT2D eigenvalue weighted by Gasteiger charge is 2.30. The summed E-state index contributed by atoms with van der Waals surface area (Å²) in [6.45, 7) is 6.19. The summed E-state index contributed by atoms with van der Waals surface area (Å²) in [5, 5.41) is 1.87. The number of fused-ring (bicyclic) bond motifs is 1. The van der Waals surface area contributed by atoms with Crippen molar-refractivity contribution in [2.75, 3.05) is 0 Å². The smallest absolute Gasteiger partial charge is 0.134 e. The summed E-state index contributed by atoms with van der Waals surface area (Å²) >= 11 is 0. The maximum Gasteiger partial charge on any atom is 0.134 e. The Balaban J connectivity index is 1.26. The molecule has 32 heavy (non-hydrogen) atoms. The molecule has 0 bridgehead atoms. The zero-order chi connectivity index (χ0) is 22.3. The summed E-state index contributed by atoms with van der Waals surface area (Å²) in [6.07, 6.45) is 20.2. The van der Waals surface area contributed by atoms with E-state index in [0.29, 0.717) is 0 Å². The average Bonchev–Trinajstić information content (AvgIpc) is 2.84. The van der Waals surface area contributed by atoms with Gasteiger partial charge in [-0.1, -0.05) is 69.0 Å². The van der Waals surface area contributed by atoms with E-state index in [9.17, 15) is 4.39 Å². The molecule has 2 aromatic rings. The first-order chi connectivity index (χ1) is 15.7. The molecule has 0 atom stereocenters. The van der Waals surface area contributed by atoms with Crippen LogP contribution in [0.4, 0.5) is 4.39 Å². The van der Waals surface area contributed by atoms with Gasteiger partial charge in [-0.2, -0.15) is 0 Å². The molecule has 0 amide bonds. The van der Waals surface area contributed by atoms with E-state index >= 15 is 0 Å². The Morgan fingerprint density at radius 2 is 1.59 bits per heavy atom. The predicted octanol–water partition coefficient (Wildman–Crippen LogP) is 9.44. The van der Waals surface area contributed by atoms with Gasteiger partial charge in [0.05, 0.1) is 0 Å². The molecule has 174 valence electrons. The summed E-state index contributed by atoms with van der Waals surface area (Å²) in [7, 11) is 0. The predicted molar refractivity (Wildman–Crippen MR) is 137 cm³/mol. The van der Waals surface area contributed by atoms with Crippen molar-refractivity contribution in [3.05, 3.63) is 59.9 Å². The summed E-state index contributed by atoms with van der Waals surface area (Å²) in [6, 6.07) is 10.6. The van der Waals surface area contributed by atoms with Gasteiger partial charge in [0.15, 0.2) is 0 Å². The fraction of sp³-hybridized carbons (Fsp3) is 0.613. The molecule has 2 aliphatic rings. The number of halogens is 1. The van der Waals surface area contributed by atoms with E-state index in [2.05, 4.69) is 37.8 Å². The first kappa shape index (κ1) is 23.5. The highest BCUT2D eigenvalue weighted by molar-refractivity contribution is 5.84. The SMILES string of the molecule is C=CC1CCC(C2CCC(CCc3ccc4c(F)c(CCCCC)ccc4c3)CC2)CC1. The normalized spacial score (nSPS) is 26.3. The second kappa shape index (κ2) is 11.5. The van der Waals surface area contributed by atoms with Gasteiger partial charge in [0.2, 0.25) is 0 Å². The summed E-state index contributed by atoms with van der Waals surface area (Å²) in [5.74, 6) is 3.63. The van der Waals surface area contributed by atoms with Gasteiger partial charge in [-0.05, 0) is 104 Å². The average molecular weight is 435 g/mol. The van der Waals surface area contributed by atoms with Gasteiger partial charge < -0.3 is 0 Å². The molecular weight excluding hydrogens is 391 g/mol. The minimum absolute atomic E-state index is 0.00518. The van der Waals surface area contributed by atoms with Crippen LogP contribution in [0.3, 0.4) is 0 Å². The lowest BCUT2D eigenvalue weighted by Gasteiger charge is -2.37. The van der Waals surface area contributed by atoms with Crippen LogP contribution in [0.25, 0.3) is 10.8 Å². The highest BCUT2D eigenvalue weighted by atomic mass is 19.1. The van der Waals surface area contributed by atoms with Crippen molar-refractivity contribution < 1.29 is 4.39 Å². The van der Waals surface area contributed by atoms with Crippen molar-refractivity contribution in [3.63, 3.8) is 0 Å². The van der Waals surface area contributed by atoms with Gasteiger partial charge in [0, 0.05) is 5.39 Å². The van der Waals surface area contributed by atoms with E-state index in [1.807, 2.05) is 12.1 Å². The zero-order valence-corrected chi connectivity index (χ0v) is 20.3. The number of hydrogen-bond acceptors (Lipinski definition) is 0. The molecule has 2 aromatic carbocycles. The lowest BCUT2D eigenvalue weighted by molar-refractivity contribution is 0.153. The van der Waals surface area contributed by atoms with E-state index in [-0.39, 0.29) is 5.82 Å². The van der Waals surface area contributed by atoms with E-state index in [1.54, 1.807) is 0 Å². The Labute approximate surface area is 195 Å². The molecule has 0 aliphatic heterocycles. The van der Waals surface area contributed by atoms with Crippen LogP contribution >= 0.6 is 0 Å². The van der Waals surface area contributed by atoms with Crippen molar-refractivity contribution in [1.29, 1.82) is 0 Å². The van der Waals surface area contributed by atoms with Crippen LogP contribution in [0.15, 0.2) is 43.0 Å². The molecule has 0 unspecified atom stereocenters. The molecule has 0 saturated heterocycles. The first-order valence-electron chi connectivity index (χ1n) is 13.5. The zero-order valence-electron chi connectivity index (χ0n) is 20.3. The quantitative estimate of drug-likeness (QED) is 0.272. The number of benzene rings is 2. The standard InChI is InChI=1S/C31H43F/c1-3-5-6-7-28-19-20-29-22-25(14-21-30(29)31(28)32)9-8-24-12-17-27(18-13-24)26-15-10-23(4-2)11-16-26/h4,14,19-24,26-27H,2-3,5-13,15-18H2,1H3. The van der Waals surface area contributed by atoms with E-state index in [0.717, 1.165) is 59.3 Å². The molecule has 0 spiro atoms. The second-order valence-corrected chi connectivity index (χ2v) is 10.8. The molecule has 0 radical (unpaired) electrons. The third-order valence-corrected chi connectivity index (χ3v) is 8.70. The Hall–Kier alpha value is -1.63. The maximum atomic E-state index is 14.9. The lowest BCUT2D eigenvalue weighted by atomic mass is 9.68. The first-order valence-corrected chi connectivity index (χ1v) is 13.5. The monoisotopic (exact) mass is 434 g/mol. The second-order valence-electron chi connectivity index (χ2n) is 10.8. The summed E-state index contributed by atoms with van der Waals surface area (Å²) in [4.78, 5) is 0. The van der Waals surface area contributed by atoms with Crippen molar-refractivity contribution in [2.45, 2.75) is 96.8 Å². The van der Waals surface area contributed by atoms with Crippen molar-refractivity contribution in [2.24, 2.45) is 23.7 Å². The molecule has 0 heterocycles. The highest BCUT2D eigenvalue weighted by Crippen LogP contribution is 2.42. The van der Waals surface area contributed by atoms with Crippen LogP contribution in [0, 0.1) is 29.5 Å². The number of rotatable bonds is 9. The van der Waals surface area contributed by atoms with Gasteiger partial charge in [0.1, 0.15) is 5.82 Å². The van der Waals surface area contributed by atoms with Crippen LogP contribution < -0.4 is 0 Å². The van der Waals surface area contributed by atoms with Gasteiger partial charge in [0.25, 0.3) is 0 Å². The van der Waals surface area contributed by atoms with Crippen LogP contribution in [0.2, 0.25) is 0 Å². The molecule has 4 rings (SSSR count). The molecule has 0 nitrogen and oxygen atoms in total. The summed E-state index contributed by atoms with van der Waals surface area (Å²) < 4.78 is 14.9. The summed E-state index contributed by atoms with van der Waals surface area (Å²) in [5.41, 5.74) is 2.26. The minimum atomic E-state index is 0.00518. The van der Waals surface area contributed by atoms with Crippen molar-refractivity contribution >= 4 is 10.8 Å². The van der Waals surface area contributed by atoms with Gasteiger partial charge in [-0.25, -0.2) is 4.39 Å². The molecular formula is C31H43F. The molecule has 0 aromatic heterocycles. The van der Waals surface area contributed by atoms with Crippen LogP contribution in [-0.2, 0) is 12.8 Å².